The van der Waals surface area contributed by atoms with Crippen LogP contribution in [0, 0.1) is 5.92 Å². The monoisotopic (exact) mass is 282 g/mol. The number of hydroxylamine groups is 2. The zero-order chi connectivity index (χ0) is 13.7. The molecule has 0 aromatic heterocycles. The van der Waals surface area contributed by atoms with Crippen molar-refractivity contribution in [3.05, 3.63) is 46.9 Å². The average molecular weight is 283 g/mol. The molecule has 3 N–H and O–H groups in total. The van der Waals surface area contributed by atoms with E-state index in [0.29, 0.717) is 19.7 Å². The van der Waals surface area contributed by atoms with Gasteiger partial charge in [0.1, 0.15) is 5.76 Å². The largest absolute Gasteiger partial charge is 0.492 e. The second kappa shape index (κ2) is 6.80. The summed E-state index contributed by atoms with van der Waals surface area (Å²) in [6, 6.07) is 0. The Morgan fingerprint density at radius 2 is 2.32 bits per heavy atom. The topological polar surface area (TPSA) is 58.7 Å². The zero-order valence-electron chi connectivity index (χ0n) is 10.8. The van der Waals surface area contributed by atoms with Gasteiger partial charge in [-0.2, -0.15) is 0 Å². The fraction of sp³-hybridized carbons (Fsp3) is 0.429. The normalized spacial score (nSPS) is 22.8. The van der Waals surface area contributed by atoms with E-state index in [-0.39, 0.29) is 5.92 Å². The van der Waals surface area contributed by atoms with E-state index in [1.807, 2.05) is 18.2 Å². The van der Waals surface area contributed by atoms with Crippen LogP contribution in [0.1, 0.15) is 12.8 Å². The second-order valence-corrected chi connectivity index (χ2v) is 5.03. The summed E-state index contributed by atoms with van der Waals surface area (Å²) < 4.78 is 5.58. The van der Waals surface area contributed by atoms with Gasteiger partial charge in [-0.05, 0) is 37.1 Å². The maximum atomic E-state index is 9.26. The summed E-state index contributed by atoms with van der Waals surface area (Å²) in [7, 11) is 0. The Morgan fingerprint density at radius 1 is 1.47 bits per heavy atom. The molecule has 0 aromatic carbocycles. The first-order valence-corrected chi connectivity index (χ1v) is 6.82. The van der Waals surface area contributed by atoms with Crippen LogP contribution in [0.4, 0.5) is 0 Å². The van der Waals surface area contributed by atoms with Crippen molar-refractivity contribution < 1.29 is 9.94 Å². The molecule has 0 spiro atoms. The van der Waals surface area contributed by atoms with Crippen LogP contribution in [0.2, 0.25) is 0 Å². The Labute approximate surface area is 118 Å². The van der Waals surface area contributed by atoms with Crippen LogP contribution in [0.15, 0.2) is 46.9 Å². The molecule has 2 aliphatic rings. The molecule has 2 rings (SSSR count). The summed E-state index contributed by atoms with van der Waals surface area (Å²) in [6.07, 6.45) is 11.1. The Hall–Kier alpha value is -1.23. The fourth-order valence-electron chi connectivity index (χ4n) is 2.05. The molecular formula is C14H19ClN2O2. The maximum absolute atomic E-state index is 9.26. The lowest BCUT2D eigenvalue weighted by Crippen LogP contribution is -2.17. The minimum Gasteiger partial charge on any atom is -0.492 e. The first kappa shape index (κ1) is 14.2. The van der Waals surface area contributed by atoms with E-state index in [1.54, 1.807) is 6.20 Å². The summed E-state index contributed by atoms with van der Waals surface area (Å²) in [5, 5.41) is 11.1. The molecule has 1 atom stereocenters. The molecule has 0 amide bonds. The van der Waals surface area contributed by atoms with Crippen molar-refractivity contribution >= 4 is 11.6 Å². The molecule has 1 aliphatic heterocycles. The van der Waals surface area contributed by atoms with Gasteiger partial charge in [-0.25, -0.2) is 0 Å². The van der Waals surface area contributed by atoms with Gasteiger partial charge in [-0.15, -0.1) is 0 Å². The number of hydrogen-bond acceptors (Lipinski definition) is 4. The highest BCUT2D eigenvalue weighted by atomic mass is 35.5. The molecule has 4 nitrogen and oxygen atoms in total. The number of hydrogen-bond donors (Lipinski definition) is 2. The molecule has 5 heteroatoms. The van der Waals surface area contributed by atoms with E-state index < -0.39 is 0 Å². The van der Waals surface area contributed by atoms with E-state index in [4.69, 9.17) is 22.1 Å². The van der Waals surface area contributed by atoms with Crippen LogP contribution < -0.4 is 5.73 Å². The zero-order valence-corrected chi connectivity index (χ0v) is 11.5. The predicted octanol–water partition coefficient (Wildman–Crippen LogP) is 2.52. The average Bonchev–Trinajstić information content (AvgIpc) is 2.42. The Morgan fingerprint density at radius 3 is 2.95 bits per heavy atom. The van der Waals surface area contributed by atoms with Crippen LogP contribution in [0.5, 0.6) is 0 Å². The number of halogens is 1. The summed E-state index contributed by atoms with van der Waals surface area (Å²) in [5.41, 5.74) is 6.59. The van der Waals surface area contributed by atoms with E-state index in [1.165, 1.54) is 5.57 Å². The van der Waals surface area contributed by atoms with Crippen LogP contribution >= 0.6 is 11.6 Å². The summed E-state index contributed by atoms with van der Waals surface area (Å²) in [4.78, 5) is 0. The summed E-state index contributed by atoms with van der Waals surface area (Å²) in [5.74, 6) is 0.995. The van der Waals surface area contributed by atoms with Gasteiger partial charge in [0.2, 0.25) is 0 Å². The van der Waals surface area contributed by atoms with Gasteiger partial charge in [0, 0.05) is 12.1 Å². The smallest absolute Gasteiger partial charge is 0.133 e. The van der Waals surface area contributed by atoms with Crippen LogP contribution in [0.25, 0.3) is 0 Å². The van der Waals surface area contributed by atoms with Gasteiger partial charge in [0.15, 0.2) is 0 Å². The summed E-state index contributed by atoms with van der Waals surface area (Å²) in [6.45, 7) is 1.73. The third-order valence-corrected chi connectivity index (χ3v) is 3.47. The highest BCUT2D eigenvalue weighted by Gasteiger charge is 2.19. The molecule has 1 unspecified atom stereocenters. The minimum atomic E-state index is 0.249. The van der Waals surface area contributed by atoms with Crippen molar-refractivity contribution in [1.82, 2.24) is 5.06 Å². The van der Waals surface area contributed by atoms with E-state index in [9.17, 15) is 5.21 Å². The molecule has 104 valence electrons. The minimum absolute atomic E-state index is 0.249. The number of ether oxygens (including phenoxy) is 1. The standard InChI is InChI=1S/C14H19ClN2O2/c15-13-10-12(11-4-7-17(18)8-5-11)2-3-14(13)19-9-1-6-16/h2-5,7,12,18H,1,6,8-10,16H2. The van der Waals surface area contributed by atoms with Gasteiger partial charge in [-0.3, -0.25) is 10.3 Å². The third-order valence-electron chi connectivity index (χ3n) is 3.13. The SMILES string of the molecule is NCCCOC1=C(Cl)CC(C2=CCN(O)C=C2)C=C1. The van der Waals surface area contributed by atoms with E-state index >= 15 is 0 Å². The van der Waals surface area contributed by atoms with Crippen molar-refractivity contribution in [3.63, 3.8) is 0 Å². The number of allylic oxidation sites excluding steroid dienone is 5. The molecule has 1 heterocycles. The molecule has 0 fully saturated rings. The molecule has 19 heavy (non-hydrogen) atoms. The fourth-order valence-corrected chi connectivity index (χ4v) is 2.34. The Bertz CT molecular complexity index is 441. The molecule has 0 saturated carbocycles. The molecule has 0 bridgehead atoms. The molecule has 0 saturated heterocycles. The number of nitrogens with zero attached hydrogens (tertiary/aromatic N) is 1. The quantitative estimate of drug-likeness (QED) is 0.761. The van der Waals surface area contributed by atoms with Gasteiger partial charge in [0.05, 0.1) is 18.2 Å². The lowest BCUT2D eigenvalue weighted by atomic mass is 9.90. The van der Waals surface area contributed by atoms with Gasteiger partial charge < -0.3 is 10.5 Å². The summed E-state index contributed by atoms with van der Waals surface area (Å²) >= 11 is 6.27. The van der Waals surface area contributed by atoms with Crippen LogP contribution in [-0.4, -0.2) is 30.0 Å². The highest BCUT2D eigenvalue weighted by molar-refractivity contribution is 6.30. The lowest BCUT2D eigenvalue weighted by molar-refractivity contribution is -0.0307. The van der Waals surface area contributed by atoms with Crippen molar-refractivity contribution in [2.75, 3.05) is 19.7 Å². The van der Waals surface area contributed by atoms with Crippen molar-refractivity contribution in [1.29, 1.82) is 0 Å². The predicted molar refractivity (Wildman–Crippen MR) is 75.5 cm³/mol. The lowest BCUT2D eigenvalue weighted by Gasteiger charge is -2.23. The van der Waals surface area contributed by atoms with Crippen molar-refractivity contribution in [2.24, 2.45) is 11.7 Å². The molecule has 0 radical (unpaired) electrons. The van der Waals surface area contributed by atoms with Crippen molar-refractivity contribution in [3.8, 4) is 0 Å². The van der Waals surface area contributed by atoms with Crippen LogP contribution in [0.3, 0.4) is 0 Å². The second-order valence-electron chi connectivity index (χ2n) is 4.57. The Balaban J connectivity index is 1.93. The van der Waals surface area contributed by atoms with Gasteiger partial charge >= 0.3 is 0 Å². The van der Waals surface area contributed by atoms with E-state index in [0.717, 1.165) is 28.7 Å². The molecule has 1 aliphatic carbocycles. The van der Waals surface area contributed by atoms with Gasteiger partial charge in [0.25, 0.3) is 0 Å². The van der Waals surface area contributed by atoms with E-state index in [2.05, 4.69) is 6.08 Å². The number of nitrogens with two attached hydrogens (primary N) is 1. The third kappa shape index (κ3) is 3.86. The Kier molecular flexibility index (Phi) is 5.07. The highest BCUT2D eigenvalue weighted by Crippen LogP contribution is 2.32. The van der Waals surface area contributed by atoms with Gasteiger partial charge in [-0.1, -0.05) is 23.8 Å². The van der Waals surface area contributed by atoms with Crippen LogP contribution in [-0.2, 0) is 4.74 Å². The maximum Gasteiger partial charge on any atom is 0.133 e. The molecule has 0 aromatic rings. The first-order valence-electron chi connectivity index (χ1n) is 6.44. The van der Waals surface area contributed by atoms with Crippen molar-refractivity contribution in [2.45, 2.75) is 12.8 Å². The first-order chi connectivity index (χ1) is 9.20. The molecular weight excluding hydrogens is 264 g/mol. The number of rotatable bonds is 5.